The third kappa shape index (κ3) is 4.43. The van der Waals surface area contributed by atoms with E-state index in [9.17, 15) is 9.90 Å². The number of likely N-dealkylation sites (tertiary alicyclic amines) is 1. The molecule has 0 radical (unpaired) electrons. The van der Waals surface area contributed by atoms with Crippen molar-refractivity contribution in [2.24, 2.45) is 0 Å². The van der Waals surface area contributed by atoms with E-state index >= 15 is 0 Å². The molecule has 4 aromatic rings. The number of rotatable bonds is 6. The molecule has 0 aliphatic carbocycles. The number of aromatic amines is 1. The fourth-order valence-corrected chi connectivity index (χ4v) is 5.31. The average molecular weight is 485 g/mol. The van der Waals surface area contributed by atoms with E-state index < -0.39 is 6.10 Å². The lowest BCUT2D eigenvalue weighted by Crippen LogP contribution is -2.56. The predicted octanol–water partition coefficient (Wildman–Crippen LogP) is 3.37. The summed E-state index contributed by atoms with van der Waals surface area (Å²) in [5, 5.41) is 17.6. The number of H-pyrrole nitrogens is 1. The van der Waals surface area contributed by atoms with Gasteiger partial charge in [0, 0.05) is 61.1 Å². The van der Waals surface area contributed by atoms with Gasteiger partial charge in [-0.25, -0.2) is 4.98 Å². The van der Waals surface area contributed by atoms with Crippen molar-refractivity contribution in [3.63, 3.8) is 0 Å². The Morgan fingerprint density at radius 2 is 1.97 bits per heavy atom. The van der Waals surface area contributed by atoms with Gasteiger partial charge in [-0.3, -0.25) is 19.8 Å². The molecule has 3 aromatic heterocycles. The van der Waals surface area contributed by atoms with Gasteiger partial charge in [0.05, 0.1) is 16.9 Å². The van der Waals surface area contributed by atoms with Crippen LogP contribution in [0.2, 0.25) is 0 Å². The molecule has 1 amide bonds. The zero-order valence-electron chi connectivity index (χ0n) is 20.0. The van der Waals surface area contributed by atoms with Crippen LogP contribution in [0.25, 0.3) is 22.2 Å². The quantitative estimate of drug-likeness (QED) is 0.432. The van der Waals surface area contributed by atoms with Gasteiger partial charge in [0.2, 0.25) is 5.88 Å². The molecular weight excluding hydrogens is 456 g/mol. The summed E-state index contributed by atoms with van der Waals surface area (Å²) < 4.78 is 5.97. The lowest BCUT2D eigenvalue weighted by atomic mass is 10.1. The first-order chi connectivity index (χ1) is 17.5. The Hall–Kier alpha value is -3.82. The molecule has 3 atom stereocenters. The van der Waals surface area contributed by atoms with Gasteiger partial charge in [0.1, 0.15) is 11.9 Å². The number of fused-ring (bicyclic) bond motifs is 3. The molecule has 36 heavy (non-hydrogen) atoms. The standard InChI is InChI=1S/C27H28N6O3/c1-17(34)27(35)32-15-21-5-6-22(16-32)33(21)14-20-4-2-18-12-23(7-8-24(18)30-20)36-26-9-3-19(13-28-26)25-10-11-29-31-25/h2-4,7-13,17,21-22,34H,5-6,14-16H2,1H3,(H,29,31)/t17-,21?,22?/m1/s1. The van der Waals surface area contributed by atoms with E-state index in [-0.39, 0.29) is 5.91 Å². The Labute approximate surface area is 208 Å². The van der Waals surface area contributed by atoms with Crippen LogP contribution < -0.4 is 4.74 Å². The van der Waals surface area contributed by atoms with Gasteiger partial charge in [0.15, 0.2) is 0 Å². The number of aromatic nitrogens is 4. The molecule has 2 fully saturated rings. The van der Waals surface area contributed by atoms with Crippen LogP contribution in [-0.4, -0.2) is 72.3 Å². The number of carbonyl (C=O) groups is 1. The summed E-state index contributed by atoms with van der Waals surface area (Å²) in [6.07, 6.45) is 4.66. The number of piperazine rings is 1. The maximum absolute atomic E-state index is 12.3. The fourth-order valence-electron chi connectivity index (χ4n) is 5.31. The van der Waals surface area contributed by atoms with Crippen molar-refractivity contribution in [1.82, 2.24) is 30.0 Å². The van der Waals surface area contributed by atoms with E-state index in [1.807, 2.05) is 41.3 Å². The van der Waals surface area contributed by atoms with Gasteiger partial charge in [-0.1, -0.05) is 6.07 Å². The highest BCUT2D eigenvalue weighted by molar-refractivity contribution is 5.81. The molecule has 1 aromatic carbocycles. The first kappa shape index (κ1) is 22.6. The monoisotopic (exact) mass is 484 g/mol. The number of nitrogens with one attached hydrogen (secondary N) is 1. The van der Waals surface area contributed by atoms with E-state index in [0.717, 1.165) is 47.2 Å². The van der Waals surface area contributed by atoms with Crippen molar-refractivity contribution in [3.8, 4) is 22.9 Å². The second-order valence-corrected chi connectivity index (χ2v) is 9.59. The summed E-state index contributed by atoms with van der Waals surface area (Å²) in [6.45, 7) is 3.64. The number of aliphatic hydroxyl groups excluding tert-OH is 1. The predicted molar refractivity (Wildman–Crippen MR) is 134 cm³/mol. The minimum absolute atomic E-state index is 0.169. The van der Waals surface area contributed by atoms with E-state index in [1.165, 1.54) is 0 Å². The van der Waals surface area contributed by atoms with Gasteiger partial charge in [-0.2, -0.15) is 5.10 Å². The number of hydrogen-bond acceptors (Lipinski definition) is 7. The highest BCUT2D eigenvalue weighted by Gasteiger charge is 2.41. The number of ether oxygens (including phenoxy) is 1. The van der Waals surface area contributed by atoms with E-state index in [2.05, 4.69) is 32.2 Å². The van der Waals surface area contributed by atoms with Crippen molar-refractivity contribution < 1.29 is 14.6 Å². The second kappa shape index (κ2) is 9.33. The summed E-state index contributed by atoms with van der Waals surface area (Å²) >= 11 is 0. The zero-order chi connectivity index (χ0) is 24.6. The molecule has 5 heterocycles. The molecule has 9 heteroatoms. The molecule has 184 valence electrons. The second-order valence-electron chi connectivity index (χ2n) is 9.59. The summed E-state index contributed by atoms with van der Waals surface area (Å²) in [5.41, 5.74) is 3.78. The Morgan fingerprint density at radius 1 is 1.14 bits per heavy atom. The smallest absolute Gasteiger partial charge is 0.251 e. The summed E-state index contributed by atoms with van der Waals surface area (Å²) in [7, 11) is 0. The van der Waals surface area contributed by atoms with Crippen molar-refractivity contribution in [1.29, 1.82) is 0 Å². The molecule has 2 unspecified atom stereocenters. The molecule has 9 nitrogen and oxygen atoms in total. The van der Waals surface area contributed by atoms with Crippen LogP contribution in [0, 0.1) is 0 Å². The van der Waals surface area contributed by atoms with Crippen molar-refractivity contribution in [2.45, 2.75) is 44.5 Å². The van der Waals surface area contributed by atoms with Crippen LogP contribution in [0.1, 0.15) is 25.5 Å². The Bertz CT molecular complexity index is 1360. The lowest BCUT2D eigenvalue weighted by Gasteiger charge is -2.41. The van der Waals surface area contributed by atoms with Crippen molar-refractivity contribution >= 4 is 16.8 Å². The molecule has 2 N–H and O–H groups in total. The molecule has 0 spiro atoms. The van der Waals surface area contributed by atoms with Crippen LogP contribution in [0.15, 0.2) is 60.9 Å². The Balaban J connectivity index is 1.13. The Morgan fingerprint density at radius 3 is 2.67 bits per heavy atom. The largest absolute Gasteiger partial charge is 0.439 e. The number of hydrogen-bond donors (Lipinski definition) is 2. The van der Waals surface area contributed by atoms with Crippen molar-refractivity contribution in [3.05, 3.63) is 66.6 Å². The molecular formula is C27H28N6O3. The summed E-state index contributed by atoms with van der Waals surface area (Å²) in [5.74, 6) is 1.05. The van der Waals surface area contributed by atoms with Gasteiger partial charge < -0.3 is 14.7 Å². The van der Waals surface area contributed by atoms with E-state index in [0.29, 0.717) is 36.8 Å². The molecule has 2 saturated heterocycles. The van der Waals surface area contributed by atoms with Crippen LogP contribution in [0.4, 0.5) is 0 Å². The van der Waals surface area contributed by atoms with Crippen molar-refractivity contribution in [2.75, 3.05) is 13.1 Å². The minimum Gasteiger partial charge on any atom is -0.439 e. The number of aliphatic hydroxyl groups is 1. The molecule has 0 saturated carbocycles. The average Bonchev–Trinajstić information content (AvgIpc) is 3.50. The number of pyridine rings is 2. The maximum atomic E-state index is 12.3. The third-order valence-electron chi connectivity index (χ3n) is 7.14. The highest BCUT2D eigenvalue weighted by atomic mass is 16.5. The fraction of sp³-hybridized carbons (Fsp3) is 0.333. The number of benzene rings is 1. The minimum atomic E-state index is -0.941. The van der Waals surface area contributed by atoms with E-state index in [1.54, 1.807) is 19.3 Å². The van der Waals surface area contributed by atoms with E-state index in [4.69, 9.17) is 9.72 Å². The molecule has 2 aliphatic rings. The summed E-state index contributed by atoms with van der Waals surface area (Å²) in [6, 6.07) is 16.3. The van der Waals surface area contributed by atoms with Gasteiger partial charge in [-0.05, 0) is 56.2 Å². The molecule has 2 aliphatic heterocycles. The molecule has 2 bridgehead atoms. The van der Waals surface area contributed by atoms with Gasteiger partial charge in [0.25, 0.3) is 5.91 Å². The normalized spacial score (nSPS) is 20.6. The zero-order valence-corrected chi connectivity index (χ0v) is 20.0. The van der Waals surface area contributed by atoms with Gasteiger partial charge in [-0.15, -0.1) is 0 Å². The lowest BCUT2D eigenvalue weighted by molar-refractivity contribution is -0.142. The first-order valence-corrected chi connectivity index (χ1v) is 12.3. The highest BCUT2D eigenvalue weighted by Crippen LogP contribution is 2.32. The molecule has 6 rings (SSSR count). The topological polar surface area (TPSA) is 107 Å². The summed E-state index contributed by atoms with van der Waals surface area (Å²) in [4.78, 5) is 25.8. The number of amides is 1. The van der Waals surface area contributed by atoms with Crippen LogP contribution in [-0.2, 0) is 11.3 Å². The van der Waals surface area contributed by atoms with Crippen LogP contribution in [0.5, 0.6) is 11.6 Å². The SMILES string of the molecule is C[C@@H](O)C(=O)N1CC2CCC(C1)N2Cc1ccc2cc(Oc3ccc(-c4ccn[nH]4)cn3)ccc2n1. The first-order valence-electron chi connectivity index (χ1n) is 12.3. The number of carbonyl (C=O) groups excluding carboxylic acids is 1. The third-order valence-corrected chi connectivity index (χ3v) is 7.14. The number of nitrogens with zero attached hydrogens (tertiary/aromatic N) is 5. The van der Waals surface area contributed by atoms with Gasteiger partial charge >= 0.3 is 0 Å². The van der Waals surface area contributed by atoms with Crippen LogP contribution >= 0.6 is 0 Å². The Kier molecular flexibility index (Phi) is 5.86. The van der Waals surface area contributed by atoms with Crippen LogP contribution in [0.3, 0.4) is 0 Å². The maximum Gasteiger partial charge on any atom is 0.251 e.